The van der Waals surface area contributed by atoms with Crippen LogP contribution in [0.25, 0.3) is 11.3 Å². The van der Waals surface area contributed by atoms with Gasteiger partial charge in [-0.25, -0.2) is 29.5 Å². The third-order valence-electron chi connectivity index (χ3n) is 6.24. The Hall–Kier alpha value is -5.03. The van der Waals surface area contributed by atoms with Crippen molar-refractivity contribution in [2.75, 3.05) is 24.3 Å². The van der Waals surface area contributed by atoms with Crippen LogP contribution in [0.2, 0.25) is 0 Å². The highest BCUT2D eigenvalue weighted by molar-refractivity contribution is 7.10. The summed E-state index contributed by atoms with van der Waals surface area (Å²) in [6.45, 7) is 15.4. The highest BCUT2D eigenvalue weighted by atomic mass is 32.1. The second-order valence-corrected chi connectivity index (χ2v) is 14.0. The molecule has 0 saturated carbocycles. The Morgan fingerprint density at radius 2 is 1.74 bits per heavy atom. The molecule has 0 saturated heterocycles. The lowest BCUT2D eigenvalue weighted by atomic mass is 9.95. The summed E-state index contributed by atoms with van der Waals surface area (Å²) in [5, 5.41) is 15.5. The number of carbonyl (C=O) groups is 4. The highest BCUT2D eigenvalue weighted by Crippen LogP contribution is 2.30. The maximum Gasteiger partial charge on any atom is 0.428 e. The summed E-state index contributed by atoms with van der Waals surface area (Å²) in [5.74, 6) is 5.45. The number of nitrogens with one attached hydrogen (secondary N) is 2. The Kier molecular flexibility index (Phi) is 11.3. The zero-order valence-corrected chi connectivity index (χ0v) is 29.1. The van der Waals surface area contributed by atoms with Gasteiger partial charge in [0, 0.05) is 19.2 Å². The van der Waals surface area contributed by atoms with Crippen LogP contribution in [0.5, 0.6) is 0 Å². The number of carboxylic acid groups (broad SMARTS) is 1. The predicted octanol–water partition coefficient (Wildman–Crippen LogP) is 6.06. The molecule has 1 atom stereocenters. The van der Waals surface area contributed by atoms with Crippen molar-refractivity contribution in [2.24, 2.45) is 5.41 Å². The summed E-state index contributed by atoms with van der Waals surface area (Å²) in [6, 6.07) is 5.81. The van der Waals surface area contributed by atoms with E-state index >= 15 is 0 Å². The standard InChI is InChI=1S/C33H41N7O6S/c1-19(40(30(43)44)18-32(4,5)6)29(42)37-25-17-22(16-23(36-25)13-14-24-12-11-15-47-24)27-26(20(2)41)28(35-21(3)34-27)38-39(10)31(45)46-33(7,8)9/h11-12,15-17,19H,18H2,1-10H3,(H,43,44)(H,34,35,38)(H,36,37,42). The van der Waals surface area contributed by atoms with E-state index in [1.54, 1.807) is 33.8 Å². The number of anilines is 2. The molecule has 0 spiro atoms. The third-order valence-corrected chi connectivity index (χ3v) is 7.02. The lowest BCUT2D eigenvalue weighted by Gasteiger charge is -2.31. The number of nitrogens with zero attached hydrogens (tertiary/aromatic N) is 5. The van der Waals surface area contributed by atoms with Crippen LogP contribution >= 0.6 is 11.3 Å². The molecular weight excluding hydrogens is 622 g/mol. The van der Waals surface area contributed by atoms with Gasteiger partial charge in [0.25, 0.3) is 0 Å². The van der Waals surface area contributed by atoms with Crippen molar-refractivity contribution in [2.45, 2.75) is 74.0 Å². The van der Waals surface area contributed by atoms with E-state index in [0.717, 1.165) is 14.8 Å². The average Bonchev–Trinajstić information content (AvgIpc) is 3.46. The number of hydrogen-bond acceptors (Lipinski definition) is 10. The van der Waals surface area contributed by atoms with Gasteiger partial charge >= 0.3 is 12.2 Å². The van der Waals surface area contributed by atoms with Gasteiger partial charge in [-0.2, -0.15) is 0 Å². The van der Waals surface area contributed by atoms with Gasteiger partial charge in [-0.15, -0.1) is 11.3 Å². The molecule has 3 amide bonds. The molecule has 3 rings (SSSR count). The van der Waals surface area contributed by atoms with Crippen molar-refractivity contribution >= 4 is 46.8 Å². The van der Waals surface area contributed by atoms with Crippen molar-refractivity contribution in [3.8, 4) is 23.1 Å². The minimum atomic E-state index is -1.23. The van der Waals surface area contributed by atoms with E-state index in [1.165, 1.54) is 38.3 Å². The first-order valence-electron chi connectivity index (χ1n) is 14.8. The largest absolute Gasteiger partial charge is 0.465 e. The van der Waals surface area contributed by atoms with Gasteiger partial charge < -0.3 is 15.2 Å². The normalized spacial score (nSPS) is 11.9. The van der Waals surface area contributed by atoms with Gasteiger partial charge in [0.2, 0.25) is 5.91 Å². The summed E-state index contributed by atoms with van der Waals surface area (Å²) >= 11 is 1.45. The van der Waals surface area contributed by atoms with Crippen LogP contribution in [0.15, 0.2) is 29.6 Å². The van der Waals surface area contributed by atoms with E-state index in [1.807, 2.05) is 38.3 Å². The van der Waals surface area contributed by atoms with Gasteiger partial charge in [0.1, 0.15) is 29.0 Å². The number of carbonyl (C=O) groups excluding carboxylic acids is 3. The van der Waals surface area contributed by atoms with E-state index in [-0.39, 0.29) is 41.0 Å². The molecule has 3 heterocycles. The highest BCUT2D eigenvalue weighted by Gasteiger charge is 2.30. The van der Waals surface area contributed by atoms with Crippen LogP contribution in [0.4, 0.5) is 21.2 Å². The number of hydrazine groups is 1. The van der Waals surface area contributed by atoms with Gasteiger partial charge in [0.05, 0.1) is 16.1 Å². The monoisotopic (exact) mass is 663 g/mol. The fraction of sp³-hybridized carbons (Fsp3) is 0.424. The first-order chi connectivity index (χ1) is 21.7. The Morgan fingerprint density at radius 3 is 2.30 bits per heavy atom. The molecule has 1 unspecified atom stereocenters. The smallest absolute Gasteiger partial charge is 0.428 e. The molecule has 0 aliphatic heterocycles. The third kappa shape index (κ3) is 10.5. The minimum absolute atomic E-state index is 0.0647. The number of pyridine rings is 1. The number of thiophene rings is 1. The van der Waals surface area contributed by atoms with E-state index < -0.39 is 40.9 Å². The molecule has 0 fully saturated rings. The molecule has 0 radical (unpaired) electrons. The van der Waals surface area contributed by atoms with Gasteiger partial charge in [-0.3, -0.25) is 19.9 Å². The number of amides is 3. The van der Waals surface area contributed by atoms with Crippen molar-refractivity contribution in [3.05, 3.63) is 51.6 Å². The summed E-state index contributed by atoms with van der Waals surface area (Å²) in [7, 11) is 1.44. The number of aryl methyl sites for hydroxylation is 1. The van der Waals surface area contributed by atoms with E-state index in [2.05, 4.69) is 37.5 Å². The number of ketones is 1. The quantitative estimate of drug-likeness (QED) is 0.146. The van der Waals surface area contributed by atoms with Crippen LogP contribution in [0.1, 0.15) is 82.1 Å². The fourth-order valence-electron chi connectivity index (χ4n) is 4.25. The number of hydrogen-bond donors (Lipinski definition) is 3. The lowest BCUT2D eigenvalue weighted by molar-refractivity contribution is -0.120. The molecule has 3 N–H and O–H groups in total. The van der Waals surface area contributed by atoms with E-state index in [4.69, 9.17) is 4.74 Å². The minimum Gasteiger partial charge on any atom is -0.465 e. The summed E-state index contributed by atoms with van der Waals surface area (Å²) in [6.07, 6.45) is -1.92. The van der Waals surface area contributed by atoms with Crippen LogP contribution in [0.3, 0.4) is 0 Å². The average molecular weight is 664 g/mol. The molecular formula is C33H41N7O6S. The maximum atomic E-state index is 13.4. The SMILES string of the molecule is CC(=O)c1c(NN(C)C(=O)OC(C)(C)C)nc(C)nc1-c1cc(C#Cc2cccs2)nc(NC(=O)C(C)N(CC(C)(C)C)C(=O)O)c1. The Morgan fingerprint density at radius 1 is 1.06 bits per heavy atom. The molecule has 47 heavy (non-hydrogen) atoms. The lowest BCUT2D eigenvalue weighted by Crippen LogP contribution is -2.48. The molecule has 13 nitrogen and oxygen atoms in total. The first-order valence-corrected chi connectivity index (χ1v) is 15.6. The summed E-state index contributed by atoms with van der Waals surface area (Å²) < 4.78 is 5.41. The van der Waals surface area contributed by atoms with Crippen molar-refractivity contribution in [1.29, 1.82) is 0 Å². The Bertz CT molecular complexity index is 1720. The predicted molar refractivity (Wildman–Crippen MR) is 180 cm³/mol. The van der Waals surface area contributed by atoms with E-state index in [9.17, 15) is 24.3 Å². The van der Waals surface area contributed by atoms with Crippen LogP contribution < -0.4 is 10.7 Å². The van der Waals surface area contributed by atoms with Crippen molar-refractivity contribution < 1.29 is 29.0 Å². The van der Waals surface area contributed by atoms with Gasteiger partial charge in [0.15, 0.2) is 11.6 Å². The summed E-state index contributed by atoms with van der Waals surface area (Å²) in [4.78, 5) is 66.5. The summed E-state index contributed by atoms with van der Waals surface area (Å²) in [5.41, 5.74) is 2.60. The van der Waals surface area contributed by atoms with E-state index in [0.29, 0.717) is 5.56 Å². The molecule has 3 aromatic heterocycles. The molecule has 14 heteroatoms. The van der Waals surface area contributed by atoms with Crippen LogP contribution in [-0.4, -0.2) is 79.1 Å². The Labute approximate surface area is 278 Å². The maximum absolute atomic E-state index is 13.4. The Balaban J connectivity index is 2.13. The first kappa shape index (κ1) is 36.4. The molecule has 0 aliphatic carbocycles. The topological polar surface area (TPSA) is 167 Å². The molecule has 0 bridgehead atoms. The molecule has 0 aromatic carbocycles. The molecule has 3 aromatic rings. The molecule has 0 aliphatic rings. The van der Waals surface area contributed by atoms with Crippen molar-refractivity contribution in [3.63, 3.8) is 0 Å². The zero-order chi connectivity index (χ0) is 35.3. The van der Waals surface area contributed by atoms with Crippen LogP contribution in [-0.2, 0) is 9.53 Å². The van der Waals surface area contributed by atoms with Gasteiger partial charge in [-0.1, -0.05) is 26.8 Å². The number of rotatable bonds is 8. The fourth-order valence-corrected chi connectivity index (χ4v) is 4.83. The van der Waals surface area contributed by atoms with Crippen molar-refractivity contribution in [1.82, 2.24) is 24.9 Å². The van der Waals surface area contributed by atoms with Gasteiger partial charge in [-0.05, 0) is 82.4 Å². The zero-order valence-electron chi connectivity index (χ0n) is 28.3. The second-order valence-electron chi connectivity index (χ2n) is 13.0. The second kappa shape index (κ2) is 14.6. The molecule has 250 valence electrons. The number of Topliss-reactive ketones (excluding diaryl/α,β-unsaturated/α-hetero) is 1. The van der Waals surface area contributed by atoms with Crippen LogP contribution in [0, 0.1) is 24.2 Å². The number of ether oxygens (including phenoxy) is 1. The number of aromatic nitrogens is 3.